The molecule has 268 valence electrons. The first kappa shape index (κ1) is 36.6. The van der Waals surface area contributed by atoms with Gasteiger partial charge in [-0.15, -0.1) is 0 Å². The average molecular weight is 714 g/mol. The van der Waals surface area contributed by atoms with Gasteiger partial charge in [-0.1, -0.05) is 45.0 Å². The SMILES string of the molecule is COc1cc(Nc2cc(Oc3ccc(NC(=O)Nc4cc(C(C)(C)C)cc(NS(C)(=O)=O)c4OC)c4ccccc34)ccn2)cc(OC(C)C)c1. The van der Waals surface area contributed by atoms with Gasteiger partial charge in [0.25, 0.3) is 0 Å². The molecule has 0 aliphatic carbocycles. The minimum Gasteiger partial charge on any atom is -0.497 e. The van der Waals surface area contributed by atoms with Crippen LogP contribution in [0.1, 0.15) is 40.2 Å². The van der Waals surface area contributed by atoms with Crippen molar-refractivity contribution in [3.05, 3.63) is 90.6 Å². The van der Waals surface area contributed by atoms with Gasteiger partial charge in [-0.2, -0.15) is 0 Å². The van der Waals surface area contributed by atoms with Crippen molar-refractivity contribution in [1.29, 1.82) is 0 Å². The number of aromatic nitrogens is 1. The summed E-state index contributed by atoms with van der Waals surface area (Å²) in [5.74, 6) is 3.15. The number of benzene rings is 4. The van der Waals surface area contributed by atoms with Crippen LogP contribution in [0.15, 0.2) is 85.1 Å². The maximum absolute atomic E-state index is 13.5. The Balaban J connectivity index is 1.38. The number of nitrogens with one attached hydrogen (secondary N) is 4. The number of hydrogen-bond donors (Lipinski definition) is 4. The van der Waals surface area contributed by atoms with Crippen molar-refractivity contribution in [3.8, 4) is 28.7 Å². The molecular weight excluding hydrogens is 671 g/mol. The van der Waals surface area contributed by atoms with Crippen LogP contribution in [0.5, 0.6) is 28.7 Å². The second kappa shape index (κ2) is 15.1. The number of urea groups is 1. The number of anilines is 5. The van der Waals surface area contributed by atoms with Crippen molar-refractivity contribution in [3.63, 3.8) is 0 Å². The molecule has 0 saturated carbocycles. The Bertz CT molecular complexity index is 2160. The summed E-state index contributed by atoms with van der Waals surface area (Å²) in [4.78, 5) is 17.9. The fourth-order valence-electron chi connectivity index (χ4n) is 5.32. The largest absolute Gasteiger partial charge is 0.497 e. The number of pyridine rings is 1. The fraction of sp³-hybridized carbons (Fsp3) is 0.263. The van der Waals surface area contributed by atoms with E-state index in [2.05, 4.69) is 25.7 Å². The van der Waals surface area contributed by atoms with Gasteiger partial charge >= 0.3 is 6.03 Å². The average Bonchev–Trinajstić information content (AvgIpc) is 3.04. The third kappa shape index (κ3) is 9.51. The molecule has 13 heteroatoms. The highest BCUT2D eigenvalue weighted by Gasteiger charge is 2.22. The molecule has 0 saturated heterocycles. The molecule has 0 spiro atoms. The molecule has 0 atom stereocenters. The van der Waals surface area contributed by atoms with Crippen molar-refractivity contribution in [2.24, 2.45) is 0 Å². The quantitative estimate of drug-likeness (QED) is 0.0994. The van der Waals surface area contributed by atoms with E-state index in [1.54, 1.807) is 49.7 Å². The molecular formula is C38H43N5O7S. The molecule has 0 unspecified atom stereocenters. The van der Waals surface area contributed by atoms with Crippen molar-refractivity contribution >= 4 is 55.4 Å². The molecule has 2 amide bonds. The number of nitrogens with zero attached hydrogens (tertiary/aromatic N) is 1. The predicted molar refractivity (Wildman–Crippen MR) is 203 cm³/mol. The van der Waals surface area contributed by atoms with E-state index in [4.69, 9.17) is 18.9 Å². The van der Waals surface area contributed by atoms with Crippen LogP contribution in [-0.4, -0.2) is 46.0 Å². The minimum absolute atomic E-state index is 0.000838. The summed E-state index contributed by atoms with van der Waals surface area (Å²) in [6.45, 7) is 9.88. The van der Waals surface area contributed by atoms with Crippen LogP contribution in [0.3, 0.4) is 0 Å². The summed E-state index contributed by atoms with van der Waals surface area (Å²) in [6.07, 6.45) is 2.70. The fourth-order valence-corrected chi connectivity index (χ4v) is 5.87. The highest BCUT2D eigenvalue weighted by molar-refractivity contribution is 7.92. The van der Waals surface area contributed by atoms with Gasteiger partial charge in [-0.25, -0.2) is 18.2 Å². The van der Waals surface area contributed by atoms with Crippen LogP contribution in [0.4, 0.5) is 33.4 Å². The lowest BCUT2D eigenvalue weighted by Gasteiger charge is -2.24. The van der Waals surface area contributed by atoms with Gasteiger partial charge < -0.3 is 34.9 Å². The number of fused-ring (bicyclic) bond motifs is 1. The standard InChI is InChI=1S/C38H43N5O7S/c1-23(2)49-28-20-25(19-27(21-28)47-6)40-35-22-26(15-16-39-35)50-34-14-13-31(29-11-9-10-12-30(29)34)41-37(44)42-32-17-24(38(3,4)5)18-33(36(32)48-7)43-51(8,45)46/h9-23,43H,1-8H3,(H,39,40)(H2,41,42,44). The van der Waals surface area contributed by atoms with Gasteiger partial charge in [-0.3, -0.25) is 4.72 Å². The number of carbonyl (C=O) groups is 1. The number of ether oxygens (including phenoxy) is 4. The van der Waals surface area contributed by atoms with Crippen LogP contribution in [0, 0.1) is 0 Å². The Morgan fingerprint density at radius 3 is 2.14 bits per heavy atom. The smallest absolute Gasteiger partial charge is 0.323 e. The number of carbonyl (C=O) groups excluding carboxylic acids is 1. The zero-order chi connectivity index (χ0) is 36.9. The molecule has 1 aromatic heterocycles. The maximum atomic E-state index is 13.5. The van der Waals surface area contributed by atoms with E-state index in [0.717, 1.165) is 28.3 Å². The third-order valence-electron chi connectivity index (χ3n) is 7.55. The second-order valence-electron chi connectivity index (χ2n) is 13.1. The van der Waals surface area contributed by atoms with E-state index >= 15 is 0 Å². The summed E-state index contributed by atoms with van der Waals surface area (Å²) in [5.41, 5.74) is 2.23. The van der Waals surface area contributed by atoms with Crippen LogP contribution in [0.2, 0.25) is 0 Å². The molecule has 5 rings (SSSR count). The zero-order valence-corrected chi connectivity index (χ0v) is 30.7. The Morgan fingerprint density at radius 1 is 0.784 bits per heavy atom. The Morgan fingerprint density at radius 2 is 1.47 bits per heavy atom. The van der Waals surface area contributed by atoms with Crippen LogP contribution < -0.4 is 39.6 Å². The molecule has 0 bridgehead atoms. The lowest BCUT2D eigenvalue weighted by Crippen LogP contribution is -2.22. The number of amides is 2. The minimum atomic E-state index is -3.63. The maximum Gasteiger partial charge on any atom is 0.323 e. The monoisotopic (exact) mass is 713 g/mol. The number of hydrogen-bond acceptors (Lipinski definition) is 9. The van der Waals surface area contributed by atoms with Crippen LogP contribution in [0.25, 0.3) is 10.8 Å². The number of methoxy groups -OCH3 is 2. The first-order chi connectivity index (χ1) is 24.1. The first-order valence-electron chi connectivity index (χ1n) is 16.2. The van der Waals surface area contributed by atoms with Crippen LogP contribution >= 0.6 is 0 Å². The predicted octanol–water partition coefficient (Wildman–Crippen LogP) is 8.89. The molecule has 0 radical (unpaired) electrons. The Kier molecular flexibility index (Phi) is 10.8. The zero-order valence-electron chi connectivity index (χ0n) is 29.9. The van der Waals surface area contributed by atoms with Crippen molar-refractivity contribution in [2.45, 2.75) is 46.1 Å². The van der Waals surface area contributed by atoms with Gasteiger partial charge in [0.15, 0.2) is 5.75 Å². The lowest BCUT2D eigenvalue weighted by atomic mass is 9.86. The Labute approximate surface area is 298 Å². The van der Waals surface area contributed by atoms with Crippen LogP contribution in [-0.2, 0) is 15.4 Å². The van der Waals surface area contributed by atoms with Gasteiger partial charge in [0.2, 0.25) is 10.0 Å². The van der Waals surface area contributed by atoms with Crippen molar-refractivity contribution < 1.29 is 32.2 Å². The molecule has 0 aliphatic heterocycles. The molecule has 4 aromatic carbocycles. The van der Waals surface area contributed by atoms with E-state index in [9.17, 15) is 13.2 Å². The Hall–Kier alpha value is -5.69. The molecule has 51 heavy (non-hydrogen) atoms. The van der Waals surface area contributed by atoms with E-state index in [0.29, 0.717) is 40.2 Å². The van der Waals surface area contributed by atoms with Crippen molar-refractivity contribution in [2.75, 3.05) is 41.1 Å². The second-order valence-corrected chi connectivity index (χ2v) is 14.9. The van der Waals surface area contributed by atoms with Gasteiger partial charge in [0.1, 0.15) is 28.8 Å². The summed E-state index contributed by atoms with van der Waals surface area (Å²) < 4.78 is 50.0. The topological polar surface area (TPSA) is 149 Å². The number of rotatable bonds is 12. The summed E-state index contributed by atoms with van der Waals surface area (Å²) in [6, 6.07) is 23.1. The highest BCUT2D eigenvalue weighted by Crippen LogP contribution is 2.40. The molecule has 0 fully saturated rings. The van der Waals surface area contributed by atoms with E-state index in [-0.39, 0.29) is 23.0 Å². The third-order valence-corrected chi connectivity index (χ3v) is 8.14. The molecule has 0 aliphatic rings. The van der Waals surface area contributed by atoms with Gasteiger partial charge in [0.05, 0.1) is 43.6 Å². The number of sulfonamides is 1. The summed E-state index contributed by atoms with van der Waals surface area (Å²) in [5, 5.41) is 10.6. The van der Waals surface area contributed by atoms with Gasteiger partial charge in [0, 0.05) is 46.9 Å². The van der Waals surface area contributed by atoms with E-state index < -0.39 is 16.1 Å². The molecule has 12 nitrogen and oxygen atoms in total. The normalized spacial score (nSPS) is 11.5. The first-order valence-corrected chi connectivity index (χ1v) is 18.1. The lowest BCUT2D eigenvalue weighted by molar-refractivity contribution is 0.241. The van der Waals surface area contributed by atoms with E-state index in [1.807, 2.05) is 77.1 Å². The molecule has 5 aromatic rings. The van der Waals surface area contributed by atoms with Gasteiger partial charge in [-0.05, 0) is 55.2 Å². The highest BCUT2D eigenvalue weighted by atomic mass is 32.2. The molecule has 1 heterocycles. The van der Waals surface area contributed by atoms with E-state index in [1.165, 1.54) is 7.11 Å². The summed E-state index contributed by atoms with van der Waals surface area (Å²) in [7, 11) is -0.618. The summed E-state index contributed by atoms with van der Waals surface area (Å²) >= 11 is 0. The molecule has 4 N–H and O–H groups in total. The van der Waals surface area contributed by atoms with Crippen molar-refractivity contribution in [1.82, 2.24) is 4.98 Å².